The zero-order valence-electron chi connectivity index (χ0n) is 27.4. The van der Waals surface area contributed by atoms with Gasteiger partial charge in [0, 0.05) is 11.5 Å². The molecule has 5 heteroatoms. The van der Waals surface area contributed by atoms with Crippen molar-refractivity contribution in [1.29, 1.82) is 0 Å². The van der Waals surface area contributed by atoms with Crippen molar-refractivity contribution in [2.75, 3.05) is 0 Å². The zero-order valence-corrected chi connectivity index (χ0v) is 30.3. The molecular formula is C36H64O4Sn. The van der Waals surface area contributed by atoms with E-state index in [1.807, 2.05) is 0 Å². The van der Waals surface area contributed by atoms with Crippen molar-refractivity contribution < 1.29 is 19.8 Å². The van der Waals surface area contributed by atoms with Gasteiger partial charge in [-0.2, -0.15) is 0 Å². The molecule has 0 fully saturated rings. The van der Waals surface area contributed by atoms with Crippen LogP contribution in [0, 0.1) is 20.8 Å². The molecule has 0 heterocycles. The average molecular weight is 680 g/mol. The molecule has 236 valence electrons. The quantitative estimate of drug-likeness (QED) is 0.0960. The molecule has 0 saturated carbocycles. The van der Waals surface area contributed by atoms with Gasteiger partial charge in [-0.25, -0.2) is 0 Å². The third-order valence-electron chi connectivity index (χ3n) is 6.56. The Bertz CT molecular complexity index is 640. The Labute approximate surface area is 272 Å². The number of rotatable bonds is 21. The van der Waals surface area contributed by atoms with Crippen molar-refractivity contribution in [3.05, 3.63) is 49.2 Å². The smallest absolute Gasteiger partial charge is 0.550 e. The van der Waals surface area contributed by atoms with Crippen molar-refractivity contribution in [2.45, 2.75) is 169 Å². The first-order valence-electron chi connectivity index (χ1n) is 16.4. The van der Waals surface area contributed by atoms with E-state index in [-0.39, 0.29) is 35.9 Å². The summed E-state index contributed by atoms with van der Waals surface area (Å²) < 4.78 is 0. The Hall–Kier alpha value is -1.04. The molecule has 1 aromatic carbocycles. The summed E-state index contributed by atoms with van der Waals surface area (Å²) in [5, 5.41) is 20.6. The van der Waals surface area contributed by atoms with Crippen LogP contribution in [0.5, 0.6) is 0 Å². The number of carbonyl (C=O) groups excluding carboxylic acids is 2. The van der Waals surface area contributed by atoms with Gasteiger partial charge in [-0.1, -0.05) is 187 Å². The second-order valence-electron chi connectivity index (χ2n) is 10.6. The van der Waals surface area contributed by atoms with E-state index in [1.165, 1.54) is 115 Å². The molecule has 0 atom stereocenters. The van der Waals surface area contributed by atoms with Gasteiger partial charge in [0.05, 0.1) is 5.97 Å². The Morgan fingerprint density at radius 3 is 1.15 bits per heavy atom. The number of aliphatic carboxylic acids is 1. The fourth-order valence-electron chi connectivity index (χ4n) is 3.80. The fraction of sp³-hybridized carbons (Fsp3) is 0.722. The largest absolute Gasteiger partial charge is 2.00 e. The van der Waals surface area contributed by atoms with E-state index < -0.39 is 11.9 Å². The SMILES string of the molecule is CCCCCCCCCCCCCCCCCCCC(=O)[O-].Cc1ccccc1C(=O)[O-].[CH2]CCC.[CH2]CCC.[Sn+2]. The van der Waals surface area contributed by atoms with Crippen LogP contribution in [0.4, 0.5) is 0 Å². The normalized spacial score (nSPS) is 9.61. The summed E-state index contributed by atoms with van der Waals surface area (Å²) in [6, 6.07) is 6.75. The summed E-state index contributed by atoms with van der Waals surface area (Å²) in [4.78, 5) is 20.6. The monoisotopic (exact) mass is 680 g/mol. The van der Waals surface area contributed by atoms with Gasteiger partial charge in [-0.05, 0) is 25.3 Å². The summed E-state index contributed by atoms with van der Waals surface area (Å²) in [5.41, 5.74) is 1.00. The predicted octanol–water partition coefficient (Wildman–Crippen LogP) is 9.00. The second kappa shape index (κ2) is 41.1. The van der Waals surface area contributed by atoms with Gasteiger partial charge in [0.2, 0.25) is 0 Å². The molecule has 4 nitrogen and oxygen atoms in total. The molecule has 0 aliphatic carbocycles. The third-order valence-corrected chi connectivity index (χ3v) is 6.56. The van der Waals surface area contributed by atoms with E-state index in [9.17, 15) is 19.8 Å². The first-order chi connectivity index (χ1) is 19.3. The van der Waals surface area contributed by atoms with Gasteiger partial charge >= 0.3 is 23.9 Å². The standard InChI is InChI=1S/C20H40O2.C8H8O2.2C4H9.Sn/c1-2-3-4-5-6-7-8-9-10-11-12-13-14-15-16-17-18-19-20(21)22;1-6-4-2-3-5-7(6)8(9)10;2*1-3-4-2;/h2-19H2,1H3,(H,21,22);2-5H,1H3,(H,9,10);2*1,3-4H2,2H3;/q;;;;+2/p-2. The maximum absolute atomic E-state index is 10.3. The number of aromatic carboxylic acids is 1. The van der Waals surface area contributed by atoms with Crippen molar-refractivity contribution in [3.8, 4) is 0 Å². The maximum atomic E-state index is 10.3. The molecule has 0 unspecified atom stereocenters. The van der Waals surface area contributed by atoms with E-state index in [0.29, 0.717) is 0 Å². The molecular weight excluding hydrogens is 615 g/mol. The molecule has 41 heavy (non-hydrogen) atoms. The first kappa shape index (κ1) is 46.9. The van der Waals surface area contributed by atoms with E-state index >= 15 is 0 Å². The van der Waals surface area contributed by atoms with Gasteiger partial charge in [0.15, 0.2) is 0 Å². The van der Waals surface area contributed by atoms with Crippen molar-refractivity contribution >= 4 is 35.8 Å². The first-order valence-corrected chi connectivity index (χ1v) is 16.4. The number of benzene rings is 1. The maximum Gasteiger partial charge on any atom is 2.00 e. The van der Waals surface area contributed by atoms with Crippen LogP contribution in [0.2, 0.25) is 0 Å². The van der Waals surface area contributed by atoms with Crippen molar-refractivity contribution in [2.24, 2.45) is 0 Å². The van der Waals surface area contributed by atoms with E-state index in [2.05, 4.69) is 34.6 Å². The van der Waals surface area contributed by atoms with Crippen LogP contribution in [0.3, 0.4) is 0 Å². The molecule has 0 saturated heterocycles. The van der Waals surface area contributed by atoms with Gasteiger partial charge in [-0.15, -0.1) is 0 Å². The van der Waals surface area contributed by atoms with Crippen LogP contribution >= 0.6 is 0 Å². The molecule has 0 aliphatic heterocycles. The summed E-state index contributed by atoms with van der Waals surface area (Å²) in [5.74, 6) is -2.01. The number of aryl methyl sites for hydroxylation is 1. The minimum atomic E-state index is -1.11. The average Bonchev–Trinajstić information content (AvgIpc) is 2.95. The Morgan fingerprint density at radius 2 is 0.902 bits per heavy atom. The zero-order chi connectivity index (χ0) is 30.7. The molecule has 1 rings (SSSR count). The van der Waals surface area contributed by atoms with Crippen LogP contribution in [-0.2, 0) is 4.79 Å². The number of hydrogen-bond acceptors (Lipinski definition) is 4. The van der Waals surface area contributed by atoms with Crippen molar-refractivity contribution in [1.82, 2.24) is 0 Å². The Balaban J connectivity index is -0.000000294. The summed E-state index contributed by atoms with van der Waals surface area (Å²) in [6.45, 7) is 15.5. The minimum Gasteiger partial charge on any atom is -0.550 e. The molecule has 0 spiro atoms. The fourth-order valence-corrected chi connectivity index (χ4v) is 3.80. The van der Waals surface area contributed by atoms with Crippen LogP contribution in [0.1, 0.15) is 178 Å². The van der Waals surface area contributed by atoms with Gasteiger partial charge in [0.1, 0.15) is 0 Å². The number of hydrogen-bond donors (Lipinski definition) is 0. The minimum absolute atomic E-state index is 0. The summed E-state index contributed by atoms with van der Waals surface area (Å²) in [7, 11) is 0. The molecule has 1 aromatic rings. The van der Waals surface area contributed by atoms with Crippen LogP contribution in [0.15, 0.2) is 24.3 Å². The van der Waals surface area contributed by atoms with Crippen LogP contribution in [0.25, 0.3) is 0 Å². The molecule has 0 bridgehead atoms. The molecule has 0 aliphatic rings. The summed E-state index contributed by atoms with van der Waals surface area (Å²) in [6.07, 6.45) is 27.4. The number of carboxylic acid groups (broad SMARTS) is 2. The van der Waals surface area contributed by atoms with Crippen LogP contribution < -0.4 is 10.2 Å². The molecule has 0 aromatic heterocycles. The predicted molar refractivity (Wildman–Crippen MR) is 176 cm³/mol. The van der Waals surface area contributed by atoms with Crippen molar-refractivity contribution in [3.63, 3.8) is 0 Å². The van der Waals surface area contributed by atoms with Crippen LogP contribution in [-0.4, -0.2) is 35.8 Å². The van der Waals surface area contributed by atoms with Gasteiger partial charge < -0.3 is 19.8 Å². The molecule has 0 N–H and O–H groups in total. The number of carboxylic acids is 2. The molecule has 0 amide bonds. The Kier molecular flexibility index (Phi) is 47.0. The Morgan fingerprint density at radius 1 is 0.585 bits per heavy atom. The molecule has 4 radical (unpaired) electrons. The third kappa shape index (κ3) is 43.5. The number of unbranched alkanes of at least 4 members (excludes halogenated alkanes) is 18. The van der Waals surface area contributed by atoms with E-state index in [0.717, 1.165) is 31.2 Å². The van der Waals surface area contributed by atoms with E-state index in [1.54, 1.807) is 25.1 Å². The van der Waals surface area contributed by atoms with Gasteiger partial charge in [0.25, 0.3) is 0 Å². The van der Waals surface area contributed by atoms with E-state index in [4.69, 9.17) is 0 Å². The number of carbonyl (C=O) groups is 2. The summed E-state index contributed by atoms with van der Waals surface area (Å²) >= 11 is 0. The second-order valence-corrected chi connectivity index (χ2v) is 10.6. The van der Waals surface area contributed by atoms with Gasteiger partial charge in [-0.3, -0.25) is 0 Å². The topological polar surface area (TPSA) is 80.3 Å².